The molecule has 2 fully saturated rings. The van der Waals surface area contributed by atoms with Crippen LogP contribution < -0.4 is 5.32 Å². The zero-order chi connectivity index (χ0) is 16.4. The van der Waals surface area contributed by atoms with Crippen LogP contribution in [0.25, 0.3) is 0 Å². The Morgan fingerprint density at radius 2 is 1.91 bits per heavy atom. The second kappa shape index (κ2) is 6.02. The molecule has 3 rings (SSSR count). The molecular weight excluding hydrogens is 296 g/mol. The Balaban J connectivity index is 1.65. The van der Waals surface area contributed by atoms with Crippen LogP contribution in [-0.4, -0.2) is 34.3 Å². The highest BCUT2D eigenvalue weighted by Gasteiger charge is 2.56. The Hall–Kier alpha value is -2.37. The van der Waals surface area contributed by atoms with E-state index in [9.17, 15) is 14.4 Å². The third-order valence-corrected chi connectivity index (χ3v) is 4.68. The molecule has 1 aromatic carbocycles. The predicted octanol–water partition coefficient (Wildman–Crippen LogP) is 1.29. The summed E-state index contributed by atoms with van der Waals surface area (Å²) in [6.07, 6.45) is 2.29. The Kier molecular flexibility index (Phi) is 4.07. The maximum Gasteiger partial charge on any atom is 0.319 e. The topological polar surface area (TPSA) is 86.7 Å². The first-order valence-electron chi connectivity index (χ1n) is 7.89. The molecule has 2 N–H and O–H groups in total. The third kappa shape index (κ3) is 3.06. The molecule has 1 saturated carbocycles. The summed E-state index contributed by atoms with van der Waals surface area (Å²) in [5.74, 6) is -1.31. The second-order valence-corrected chi connectivity index (χ2v) is 6.26. The molecule has 2 aliphatic rings. The van der Waals surface area contributed by atoms with Crippen LogP contribution in [0.1, 0.15) is 36.8 Å². The van der Waals surface area contributed by atoms with E-state index in [1.165, 1.54) is 0 Å². The molecule has 0 spiro atoms. The number of rotatable bonds is 6. The summed E-state index contributed by atoms with van der Waals surface area (Å²) < 4.78 is 0. The van der Waals surface area contributed by atoms with Crippen LogP contribution in [0.5, 0.6) is 0 Å². The summed E-state index contributed by atoms with van der Waals surface area (Å²) >= 11 is 0. The van der Waals surface area contributed by atoms with Crippen molar-refractivity contribution in [3.63, 3.8) is 0 Å². The molecule has 23 heavy (non-hydrogen) atoms. The number of amides is 2. The van der Waals surface area contributed by atoms with Crippen molar-refractivity contribution in [1.29, 1.82) is 0 Å². The van der Waals surface area contributed by atoms with E-state index in [0.717, 1.165) is 24.1 Å². The van der Waals surface area contributed by atoms with Gasteiger partial charge in [-0.25, -0.2) is 0 Å². The number of nitrogens with zero attached hydrogens (tertiary/aromatic N) is 1. The molecule has 6 heteroatoms. The largest absolute Gasteiger partial charge is 0.480 e. The van der Waals surface area contributed by atoms with Crippen LogP contribution in [0, 0.1) is 5.41 Å². The van der Waals surface area contributed by atoms with E-state index in [0.29, 0.717) is 25.8 Å². The molecule has 1 aliphatic carbocycles. The lowest BCUT2D eigenvalue weighted by molar-refractivity contribution is -0.149. The fourth-order valence-corrected chi connectivity index (χ4v) is 2.97. The molecule has 0 unspecified atom stereocenters. The molecule has 0 radical (unpaired) electrons. The van der Waals surface area contributed by atoms with Crippen molar-refractivity contribution in [3.05, 3.63) is 35.4 Å². The molecule has 122 valence electrons. The van der Waals surface area contributed by atoms with Gasteiger partial charge in [-0.05, 0) is 30.4 Å². The highest BCUT2D eigenvalue weighted by Crippen LogP contribution is 2.46. The first kappa shape index (κ1) is 15.5. The summed E-state index contributed by atoms with van der Waals surface area (Å²) in [6.45, 7) is 1.59. The molecule has 1 heterocycles. The molecule has 0 aromatic heterocycles. The van der Waals surface area contributed by atoms with Crippen LogP contribution in [0.2, 0.25) is 0 Å². The number of likely N-dealkylation sites (tertiary alicyclic amines) is 1. The van der Waals surface area contributed by atoms with Gasteiger partial charge in [0.15, 0.2) is 0 Å². The van der Waals surface area contributed by atoms with Crippen molar-refractivity contribution in [3.8, 4) is 0 Å². The smallest absolute Gasteiger partial charge is 0.319 e. The fourth-order valence-electron chi connectivity index (χ4n) is 2.97. The second-order valence-electron chi connectivity index (χ2n) is 6.26. The standard InChI is InChI=1S/C17H20N2O4/c20-14-6-3-9-19(14)11-13-5-2-1-4-12(13)10-18-15(21)17(7-8-17)16(22)23/h1-2,4-5H,3,6-11H2,(H,18,21)(H,22,23). The fraction of sp³-hybridized carbons (Fsp3) is 0.471. The van der Waals surface area contributed by atoms with Crippen molar-refractivity contribution in [2.75, 3.05) is 6.54 Å². The predicted molar refractivity (Wildman–Crippen MR) is 82.2 cm³/mol. The molecule has 1 aliphatic heterocycles. The van der Waals surface area contributed by atoms with Crippen LogP contribution in [0.4, 0.5) is 0 Å². The summed E-state index contributed by atoms with van der Waals surface area (Å²) in [5.41, 5.74) is 0.685. The van der Waals surface area contributed by atoms with Gasteiger partial charge in [0.25, 0.3) is 0 Å². The number of hydrogen-bond acceptors (Lipinski definition) is 3. The van der Waals surface area contributed by atoms with Gasteiger partial charge in [0.05, 0.1) is 0 Å². The minimum Gasteiger partial charge on any atom is -0.480 e. The number of carboxylic acids is 1. The molecule has 1 aromatic rings. The highest BCUT2D eigenvalue weighted by atomic mass is 16.4. The average Bonchev–Trinajstić information content (AvgIpc) is 3.26. The third-order valence-electron chi connectivity index (χ3n) is 4.68. The Morgan fingerprint density at radius 3 is 2.48 bits per heavy atom. The average molecular weight is 316 g/mol. The maximum absolute atomic E-state index is 12.1. The van der Waals surface area contributed by atoms with Gasteiger partial charge in [-0.3, -0.25) is 14.4 Å². The molecule has 2 amide bonds. The molecular formula is C17H20N2O4. The normalized spacial score (nSPS) is 18.8. The maximum atomic E-state index is 12.1. The van der Waals surface area contributed by atoms with E-state index < -0.39 is 17.3 Å². The minimum absolute atomic E-state index is 0.159. The number of aliphatic carboxylic acids is 1. The van der Waals surface area contributed by atoms with Crippen LogP contribution >= 0.6 is 0 Å². The number of carbonyl (C=O) groups is 3. The Bertz CT molecular complexity index is 652. The first-order chi connectivity index (χ1) is 11.0. The summed E-state index contributed by atoms with van der Waals surface area (Å²) in [4.78, 5) is 36.8. The number of hydrogen-bond donors (Lipinski definition) is 2. The highest BCUT2D eigenvalue weighted by molar-refractivity contribution is 6.04. The SMILES string of the molecule is O=C1CCCN1Cc1ccccc1CNC(=O)C1(C(=O)O)CC1. The van der Waals surface area contributed by atoms with Gasteiger partial charge < -0.3 is 15.3 Å². The Morgan fingerprint density at radius 1 is 1.22 bits per heavy atom. The van der Waals surface area contributed by atoms with Crippen molar-refractivity contribution in [2.24, 2.45) is 5.41 Å². The molecule has 0 atom stereocenters. The van der Waals surface area contributed by atoms with Crippen molar-refractivity contribution >= 4 is 17.8 Å². The lowest BCUT2D eigenvalue weighted by Gasteiger charge is -2.19. The number of carboxylic acid groups (broad SMARTS) is 1. The molecule has 0 bridgehead atoms. The van der Waals surface area contributed by atoms with E-state index in [4.69, 9.17) is 5.11 Å². The Labute approximate surface area is 134 Å². The lowest BCUT2D eigenvalue weighted by Crippen LogP contribution is -2.36. The first-order valence-corrected chi connectivity index (χ1v) is 7.89. The van der Waals surface area contributed by atoms with Gasteiger partial charge in [0, 0.05) is 26.1 Å². The van der Waals surface area contributed by atoms with E-state index >= 15 is 0 Å². The zero-order valence-corrected chi connectivity index (χ0v) is 12.9. The van der Waals surface area contributed by atoms with Crippen molar-refractivity contribution in [1.82, 2.24) is 10.2 Å². The van der Waals surface area contributed by atoms with Crippen LogP contribution in [0.3, 0.4) is 0 Å². The van der Waals surface area contributed by atoms with E-state index in [1.54, 1.807) is 0 Å². The zero-order valence-electron chi connectivity index (χ0n) is 12.9. The lowest BCUT2D eigenvalue weighted by atomic mass is 10.0. The van der Waals surface area contributed by atoms with Gasteiger partial charge in [-0.1, -0.05) is 24.3 Å². The van der Waals surface area contributed by atoms with Crippen molar-refractivity contribution in [2.45, 2.75) is 38.8 Å². The monoisotopic (exact) mass is 316 g/mol. The van der Waals surface area contributed by atoms with E-state index in [2.05, 4.69) is 5.32 Å². The van der Waals surface area contributed by atoms with Gasteiger partial charge in [0.1, 0.15) is 5.41 Å². The number of carbonyl (C=O) groups excluding carboxylic acids is 2. The molecule has 6 nitrogen and oxygen atoms in total. The van der Waals surface area contributed by atoms with Gasteiger partial charge in [-0.15, -0.1) is 0 Å². The summed E-state index contributed by atoms with van der Waals surface area (Å²) in [6, 6.07) is 7.62. The van der Waals surface area contributed by atoms with Gasteiger partial charge in [-0.2, -0.15) is 0 Å². The van der Waals surface area contributed by atoms with Crippen molar-refractivity contribution < 1.29 is 19.5 Å². The van der Waals surface area contributed by atoms with E-state index in [1.807, 2.05) is 29.2 Å². The van der Waals surface area contributed by atoms with E-state index in [-0.39, 0.29) is 12.5 Å². The van der Waals surface area contributed by atoms with Crippen LogP contribution in [-0.2, 0) is 27.5 Å². The quantitative estimate of drug-likeness (QED) is 0.774. The molecule has 1 saturated heterocycles. The number of benzene rings is 1. The minimum atomic E-state index is -1.22. The van der Waals surface area contributed by atoms with Gasteiger partial charge >= 0.3 is 5.97 Å². The van der Waals surface area contributed by atoms with Gasteiger partial charge in [0.2, 0.25) is 11.8 Å². The summed E-state index contributed by atoms with van der Waals surface area (Å²) in [5, 5.41) is 11.9. The summed E-state index contributed by atoms with van der Waals surface area (Å²) in [7, 11) is 0. The number of nitrogens with one attached hydrogen (secondary N) is 1. The van der Waals surface area contributed by atoms with Crippen LogP contribution in [0.15, 0.2) is 24.3 Å².